The number of aromatic nitrogens is 1. The standard InChI is InChI=1S/C15H16ClNO3/c1-2-17-14-9(4-3-5-11(14)16)10-6-7-20-12(15(10)17)8-13(18)19/h3-5,12H,2,6-8H2,1H3,(H,18,19). The summed E-state index contributed by atoms with van der Waals surface area (Å²) in [5.74, 6) is -0.846. The molecule has 1 aliphatic heterocycles. The molecule has 5 heteroatoms. The van der Waals surface area contributed by atoms with Gasteiger partial charge < -0.3 is 14.4 Å². The van der Waals surface area contributed by atoms with Gasteiger partial charge in [-0.3, -0.25) is 4.79 Å². The highest BCUT2D eigenvalue weighted by Crippen LogP contribution is 2.39. The lowest BCUT2D eigenvalue weighted by atomic mass is 10.0. The molecule has 1 unspecified atom stereocenters. The Hall–Kier alpha value is -1.52. The van der Waals surface area contributed by atoms with E-state index in [0.29, 0.717) is 11.6 Å². The van der Waals surface area contributed by atoms with Crippen LogP contribution in [0.15, 0.2) is 18.2 Å². The molecule has 0 fully saturated rings. The molecule has 1 aromatic heterocycles. The molecule has 0 aliphatic carbocycles. The van der Waals surface area contributed by atoms with Crippen molar-refractivity contribution in [2.45, 2.75) is 32.4 Å². The Morgan fingerprint density at radius 3 is 3.05 bits per heavy atom. The number of rotatable bonds is 3. The van der Waals surface area contributed by atoms with Gasteiger partial charge >= 0.3 is 5.97 Å². The third-order valence-electron chi connectivity index (χ3n) is 3.83. The summed E-state index contributed by atoms with van der Waals surface area (Å²) < 4.78 is 7.78. The summed E-state index contributed by atoms with van der Waals surface area (Å²) in [7, 11) is 0. The van der Waals surface area contributed by atoms with Crippen molar-refractivity contribution in [1.29, 1.82) is 0 Å². The third kappa shape index (κ3) is 2.00. The Labute approximate surface area is 121 Å². The molecular weight excluding hydrogens is 278 g/mol. The highest BCUT2D eigenvalue weighted by Gasteiger charge is 2.30. The zero-order chi connectivity index (χ0) is 14.3. The van der Waals surface area contributed by atoms with E-state index in [-0.39, 0.29) is 12.5 Å². The second-order valence-corrected chi connectivity index (χ2v) is 5.36. The van der Waals surface area contributed by atoms with E-state index in [1.807, 2.05) is 19.1 Å². The molecule has 4 nitrogen and oxygen atoms in total. The van der Waals surface area contributed by atoms with Crippen molar-refractivity contribution in [3.8, 4) is 0 Å². The van der Waals surface area contributed by atoms with E-state index in [2.05, 4.69) is 10.6 Å². The summed E-state index contributed by atoms with van der Waals surface area (Å²) >= 11 is 6.34. The van der Waals surface area contributed by atoms with Gasteiger partial charge in [0.05, 0.1) is 29.3 Å². The second kappa shape index (κ2) is 5.11. The van der Waals surface area contributed by atoms with Crippen LogP contribution in [0, 0.1) is 0 Å². The van der Waals surface area contributed by atoms with Crippen molar-refractivity contribution >= 4 is 28.5 Å². The number of benzene rings is 1. The predicted octanol–water partition coefficient (Wildman–Crippen LogP) is 3.40. The molecule has 2 aromatic rings. The smallest absolute Gasteiger partial charge is 0.306 e. The maximum atomic E-state index is 11.0. The first-order valence-electron chi connectivity index (χ1n) is 6.76. The average Bonchev–Trinajstić information content (AvgIpc) is 2.75. The van der Waals surface area contributed by atoms with Crippen molar-refractivity contribution in [2.75, 3.05) is 6.61 Å². The van der Waals surface area contributed by atoms with Gasteiger partial charge in [-0.1, -0.05) is 23.7 Å². The fourth-order valence-electron chi connectivity index (χ4n) is 3.11. The van der Waals surface area contributed by atoms with Crippen molar-refractivity contribution in [3.63, 3.8) is 0 Å². The number of ether oxygens (including phenoxy) is 1. The number of aliphatic carboxylic acids is 1. The van der Waals surface area contributed by atoms with Crippen LogP contribution < -0.4 is 0 Å². The predicted molar refractivity (Wildman–Crippen MR) is 77.3 cm³/mol. The lowest BCUT2D eigenvalue weighted by molar-refractivity contribution is -0.140. The Morgan fingerprint density at radius 2 is 2.35 bits per heavy atom. The number of nitrogens with zero attached hydrogens (tertiary/aromatic N) is 1. The van der Waals surface area contributed by atoms with Crippen LogP contribution in [-0.4, -0.2) is 22.2 Å². The maximum absolute atomic E-state index is 11.0. The quantitative estimate of drug-likeness (QED) is 0.943. The van der Waals surface area contributed by atoms with E-state index < -0.39 is 5.97 Å². The van der Waals surface area contributed by atoms with E-state index >= 15 is 0 Å². The number of carboxylic acids is 1. The molecule has 0 saturated carbocycles. The van der Waals surface area contributed by atoms with Crippen molar-refractivity contribution in [2.24, 2.45) is 0 Å². The molecule has 2 heterocycles. The van der Waals surface area contributed by atoms with Crippen LogP contribution in [0.25, 0.3) is 10.9 Å². The molecule has 20 heavy (non-hydrogen) atoms. The Morgan fingerprint density at radius 1 is 1.55 bits per heavy atom. The van der Waals surface area contributed by atoms with Gasteiger partial charge in [0.2, 0.25) is 0 Å². The number of hydrogen-bond donors (Lipinski definition) is 1. The van der Waals surface area contributed by atoms with Gasteiger partial charge in [0.25, 0.3) is 0 Å². The molecule has 1 aliphatic rings. The summed E-state index contributed by atoms with van der Waals surface area (Å²) in [6.45, 7) is 3.34. The van der Waals surface area contributed by atoms with Crippen molar-refractivity contribution in [3.05, 3.63) is 34.5 Å². The number of carboxylic acid groups (broad SMARTS) is 1. The van der Waals surface area contributed by atoms with Gasteiger partial charge in [-0.2, -0.15) is 0 Å². The molecule has 3 rings (SSSR count). The normalized spacial score (nSPS) is 18.2. The largest absolute Gasteiger partial charge is 0.481 e. The minimum atomic E-state index is -0.846. The molecule has 0 radical (unpaired) electrons. The zero-order valence-electron chi connectivity index (χ0n) is 11.2. The first kappa shape index (κ1) is 13.5. The number of fused-ring (bicyclic) bond motifs is 3. The summed E-state index contributed by atoms with van der Waals surface area (Å²) in [6.07, 6.45) is 0.399. The molecule has 1 atom stereocenters. The molecule has 0 amide bonds. The Balaban J connectivity index is 2.27. The van der Waals surface area contributed by atoms with Crippen LogP contribution in [0.2, 0.25) is 5.02 Å². The van der Waals surface area contributed by atoms with Crippen molar-refractivity contribution in [1.82, 2.24) is 4.57 Å². The first-order valence-corrected chi connectivity index (χ1v) is 7.14. The van der Waals surface area contributed by atoms with Crippen LogP contribution >= 0.6 is 11.6 Å². The highest BCUT2D eigenvalue weighted by molar-refractivity contribution is 6.35. The van der Waals surface area contributed by atoms with Gasteiger partial charge in [-0.05, 0) is 25.0 Å². The number of halogens is 1. The van der Waals surface area contributed by atoms with E-state index in [0.717, 1.165) is 29.6 Å². The summed E-state index contributed by atoms with van der Waals surface area (Å²) in [6, 6.07) is 5.86. The fraction of sp³-hybridized carbons (Fsp3) is 0.400. The molecule has 0 saturated heterocycles. The lowest BCUT2D eigenvalue weighted by Gasteiger charge is -2.24. The minimum absolute atomic E-state index is 0.0130. The van der Waals surface area contributed by atoms with E-state index in [4.69, 9.17) is 21.4 Å². The number of aryl methyl sites for hydroxylation is 1. The second-order valence-electron chi connectivity index (χ2n) is 4.95. The topological polar surface area (TPSA) is 51.5 Å². The van der Waals surface area contributed by atoms with Gasteiger partial charge in [0.1, 0.15) is 6.10 Å². The third-order valence-corrected chi connectivity index (χ3v) is 4.14. The molecule has 1 aromatic carbocycles. The first-order chi connectivity index (χ1) is 9.63. The van der Waals surface area contributed by atoms with Crippen LogP contribution in [0.1, 0.15) is 30.7 Å². The molecule has 0 spiro atoms. The molecule has 1 N–H and O–H groups in total. The van der Waals surface area contributed by atoms with E-state index in [9.17, 15) is 4.79 Å². The summed E-state index contributed by atoms with van der Waals surface area (Å²) in [4.78, 5) is 11.0. The molecule has 0 bridgehead atoms. The molecular formula is C15H16ClNO3. The van der Waals surface area contributed by atoms with Crippen LogP contribution in [0.4, 0.5) is 0 Å². The lowest BCUT2D eigenvalue weighted by Crippen LogP contribution is -2.21. The SMILES string of the molecule is CCn1c2c(c3cccc(Cl)c31)CCOC2CC(=O)O. The zero-order valence-corrected chi connectivity index (χ0v) is 12.0. The minimum Gasteiger partial charge on any atom is -0.481 e. The van der Waals surface area contributed by atoms with Crippen LogP contribution in [0.3, 0.4) is 0 Å². The summed E-state index contributed by atoms with van der Waals surface area (Å²) in [5.41, 5.74) is 3.15. The van der Waals surface area contributed by atoms with Gasteiger partial charge in [-0.25, -0.2) is 0 Å². The van der Waals surface area contributed by atoms with Gasteiger partial charge in [0, 0.05) is 11.9 Å². The highest BCUT2D eigenvalue weighted by atomic mass is 35.5. The summed E-state index contributed by atoms with van der Waals surface area (Å²) in [5, 5.41) is 10.9. The molecule has 106 valence electrons. The average molecular weight is 294 g/mol. The van der Waals surface area contributed by atoms with Gasteiger partial charge in [0.15, 0.2) is 0 Å². The van der Waals surface area contributed by atoms with E-state index in [1.165, 1.54) is 5.56 Å². The van der Waals surface area contributed by atoms with Crippen LogP contribution in [-0.2, 0) is 22.5 Å². The number of hydrogen-bond acceptors (Lipinski definition) is 2. The monoisotopic (exact) mass is 293 g/mol. The van der Waals surface area contributed by atoms with E-state index in [1.54, 1.807) is 0 Å². The van der Waals surface area contributed by atoms with Gasteiger partial charge in [-0.15, -0.1) is 0 Å². The van der Waals surface area contributed by atoms with Crippen molar-refractivity contribution < 1.29 is 14.6 Å². The number of para-hydroxylation sites is 1. The fourth-order valence-corrected chi connectivity index (χ4v) is 3.39. The van der Waals surface area contributed by atoms with Crippen LogP contribution in [0.5, 0.6) is 0 Å². The number of carbonyl (C=O) groups is 1. The maximum Gasteiger partial charge on any atom is 0.306 e. The Bertz CT molecular complexity index is 677. The Kier molecular flexibility index (Phi) is 3.44.